The molecule has 0 aromatic carbocycles. The molecule has 0 radical (unpaired) electrons. The molecule has 1 N–H and O–H groups in total. The van der Waals surface area contributed by atoms with E-state index in [4.69, 9.17) is 0 Å². The van der Waals surface area contributed by atoms with Crippen LogP contribution in [-0.2, 0) is 0 Å². The Labute approximate surface area is 65.2 Å². The van der Waals surface area contributed by atoms with Gasteiger partial charge in [-0.05, 0) is 25.3 Å². The Bertz CT molecular complexity index is 76.8. The zero-order valence-electron chi connectivity index (χ0n) is 7.94. The smallest absolute Gasteiger partial charge is 0.00894 e. The van der Waals surface area contributed by atoms with Gasteiger partial charge in [-0.1, -0.05) is 27.7 Å². The number of hydrogen-bond acceptors (Lipinski definition) is 1. The third-order valence-corrected chi connectivity index (χ3v) is 1.90. The highest BCUT2D eigenvalue weighted by atomic mass is 14.9. The summed E-state index contributed by atoms with van der Waals surface area (Å²) in [6.07, 6.45) is 1.29. The van der Waals surface area contributed by atoms with Crippen molar-refractivity contribution >= 4 is 0 Å². The van der Waals surface area contributed by atoms with E-state index in [0.717, 1.165) is 11.8 Å². The molecule has 1 atom stereocenters. The van der Waals surface area contributed by atoms with Crippen molar-refractivity contribution in [3.8, 4) is 0 Å². The van der Waals surface area contributed by atoms with Crippen molar-refractivity contribution in [2.75, 3.05) is 7.05 Å². The summed E-state index contributed by atoms with van der Waals surface area (Å²) in [6.45, 7) is 9.08. The molecule has 10 heavy (non-hydrogen) atoms. The average Bonchev–Trinajstić information content (AvgIpc) is 1.81. The van der Waals surface area contributed by atoms with Gasteiger partial charge in [0.25, 0.3) is 0 Å². The van der Waals surface area contributed by atoms with Crippen LogP contribution < -0.4 is 5.32 Å². The minimum absolute atomic E-state index is 0.694. The van der Waals surface area contributed by atoms with Gasteiger partial charge in [0.1, 0.15) is 0 Å². The van der Waals surface area contributed by atoms with E-state index in [-0.39, 0.29) is 0 Å². The summed E-state index contributed by atoms with van der Waals surface area (Å²) >= 11 is 0. The summed E-state index contributed by atoms with van der Waals surface area (Å²) < 4.78 is 0. The van der Waals surface area contributed by atoms with Gasteiger partial charge in [0, 0.05) is 6.04 Å². The standard InChI is InChI=1S/C9H21N/c1-7(2)6-9(10-5)8(3)4/h7-10H,6H2,1-5H3/t9-/m0/s1. The second kappa shape index (κ2) is 4.73. The van der Waals surface area contributed by atoms with Crippen molar-refractivity contribution in [2.45, 2.75) is 40.2 Å². The predicted molar refractivity (Wildman–Crippen MR) is 47.1 cm³/mol. The highest BCUT2D eigenvalue weighted by Crippen LogP contribution is 2.11. The van der Waals surface area contributed by atoms with Crippen LogP contribution in [0.2, 0.25) is 0 Å². The quantitative estimate of drug-likeness (QED) is 0.636. The van der Waals surface area contributed by atoms with Crippen LogP contribution in [0.4, 0.5) is 0 Å². The molecule has 0 saturated carbocycles. The number of nitrogens with one attached hydrogen (secondary N) is 1. The van der Waals surface area contributed by atoms with E-state index in [1.165, 1.54) is 6.42 Å². The van der Waals surface area contributed by atoms with E-state index in [1.54, 1.807) is 0 Å². The maximum absolute atomic E-state index is 3.33. The molecule has 0 bridgehead atoms. The van der Waals surface area contributed by atoms with Gasteiger partial charge in [0.2, 0.25) is 0 Å². The maximum atomic E-state index is 3.33. The van der Waals surface area contributed by atoms with Crippen molar-refractivity contribution in [3.63, 3.8) is 0 Å². The first kappa shape index (κ1) is 9.96. The van der Waals surface area contributed by atoms with Crippen LogP contribution in [0, 0.1) is 11.8 Å². The van der Waals surface area contributed by atoms with Gasteiger partial charge < -0.3 is 5.32 Å². The fraction of sp³-hybridized carbons (Fsp3) is 1.00. The normalized spacial score (nSPS) is 14.7. The minimum atomic E-state index is 0.694. The first-order valence-corrected chi connectivity index (χ1v) is 4.25. The minimum Gasteiger partial charge on any atom is -0.317 e. The van der Waals surface area contributed by atoms with E-state index < -0.39 is 0 Å². The van der Waals surface area contributed by atoms with Crippen molar-refractivity contribution in [2.24, 2.45) is 11.8 Å². The lowest BCUT2D eigenvalue weighted by Gasteiger charge is -2.21. The molecule has 0 amide bonds. The maximum Gasteiger partial charge on any atom is 0.00894 e. The van der Waals surface area contributed by atoms with Crippen molar-refractivity contribution in [3.05, 3.63) is 0 Å². The lowest BCUT2D eigenvalue weighted by molar-refractivity contribution is 0.358. The predicted octanol–water partition coefficient (Wildman–Crippen LogP) is 2.28. The SMILES string of the molecule is CN[C@@H](CC(C)C)C(C)C. The van der Waals surface area contributed by atoms with E-state index in [9.17, 15) is 0 Å². The Morgan fingerprint density at radius 3 is 1.70 bits per heavy atom. The van der Waals surface area contributed by atoms with Gasteiger partial charge in [-0.25, -0.2) is 0 Å². The van der Waals surface area contributed by atoms with Crippen LogP contribution in [0.3, 0.4) is 0 Å². The highest BCUT2D eigenvalue weighted by molar-refractivity contribution is 4.69. The van der Waals surface area contributed by atoms with E-state index in [0.29, 0.717) is 6.04 Å². The monoisotopic (exact) mass is 143 g/mol. The van der Waals surface area contributed by atoms with Gasteiger partial charge in [0.15, 0.2) is 0 Å². The summed E-state index contributed by atoms with van der Waals surface area (Å²) in [5.41, 5.74) is 0. The summed E-state index contributed by atoms with van der Waals surface area (Å²) in [4.78, 5) is 0. The molecule has 0 spiro atoms. The van der Waals surface area contributed by atoms with Crippen LogP contribution in [0.5, 0.6) is 0 Å². The first-order chi connectivity index (χ1) is 4.57. The molecule has 0 aliphatic carbocycles. The second-order valence-electron chi connectivity index (χ2n) is 3.77. The zero-order chi connectivity index (χ0) is 8.15. The molecule has 0 saturated heterocycles. The van der Waals surface area contributed by atoms with E-state index in [1.807, 2.05) is 7.05 Å². The summed E-state index contributed by atoms with van der Waals surface area (Å²) in [7, 11) is 2.05. The van der Waals surface area contributed by atoms with Gasteiger partial charge in [-0.15, -0.1) is 0 Å². The Morgan fingerprint density at radius 1 is 1.10 bits per heavy atom. The molecule has 0 aromatic heterocycles. The molecule has 0 aromatic rings. The number of rotatable bonds is 4. The van der Waals surface area contributed by atoms with Gasteiger partial charge >= 0.3 is 0 Å². The van der Waals surface area contributed by atoms with Crippen LogP contribution in [0.25, 0.3) is 0 Å². The summed E-state index contributed by atoms with van der Waals surface area (Å²) in [5, 5.41) is 3.33. The molecule has 0 rings (SSSR count). The fourth-order valence-electron chi connectivity index (χ4n) is 1.23. The second-order valence-corrected chi connectivity index (χ2v) is 3.77. The van der Waals surface area contributed by atoms with E-state index >= 15 is 0 Å². The van der Waals surface area contributed by atoms with Crippen LogP contribution in [0.1, 0.15) is 34.1 Å². The van der Waals surface area contributed by atoms with Crippen molar-refractivity contribution < 1.29 is 0 Å². The van der Waals surface area contributed by atoms with Crippen LogP contribution in [0.15, 0.2) is 0 Å². The Morgan fingerprint density at radius 2 is 1.60 bits per heavy atom. The Hall–Kier alpha value is -0.0400. The molecule has 62 valence electrons. The van der Waals surface area contributed by atoms with Gasteiger partial charge in [0.05, 0.1) is 0 Å². The topological polar surface area (TPSA) is 12.0 Å². The zero-order valence-corrected chi connectivity index (χ0v) is 7.94. The Kier molecular flexibility index (Phi) is 4.71. The molecule has 0 unspecified atom stereocenters. The van der Waals surface area contributed by atoms with Gasteiger partial charge in [-0.3, -0.25) is 0 Å². The fourth-order valence-corrected chi connectivity index (χ4v) is 1.23. The van der Waals surface area contributed by atoms with Crippen molar-refractivity contribution in [1.29, 1.82) is 0 Å². The third-order valence-electron chi connectivity index (χ3n) is 1.90. The van der Waals surface area contributed by atoms with E-state index in [2.05, 4.69) is 33.0 Å². The molecule has 0 fully saturated rings. The van der Waals surface area contributed by atoms with Crippen LogP contribution in [-0.4, -0.2) is 13.1 Å². The molecule has 1 nitrogen and oxygen atoms in total. The van der Waals surface area contributed by atoms with Crippen LogP contribution >= 0.6 is 0 Å². The Balaban J connectivity index is 3.60. The average molecular weight is 143 g/mol. The molecule has 0 aliphatic heterocycles. The first-order valence-electron chi connectivity index (χ1n) is 4.25. The summed E-state index contributed by atoms with van der Waals surface area (Å²) in [5.74, 6) is 1.56. The summed E-state index contributed by atoms with van der Waals surface area (Å²) in [6, 6.07) is 0.694. The highest BCUT2D eigenvalue weighted by Gasteiger charge is 2.11. The largest absolute Gasteiger partial charge is 0.317 e. The van der Waals surface area contributed by atoms with Crippen molar-refractivity contribution in [1.82, 2.24) is 5.32 Å². The van der Waals surface area contributed by atoms with Gasteiger partial charge in [-0.2, -0.15) is 0 Å². The molecule has 1 heteroatoms. The lowest BCUT2D eigenvalue weighted by Crippen LogP contribution is -2.31. The molecular formula is C9H21N. The lowest BCUT2D eigenvalue weighted by atomic mass is 9.95. The molecule has 0 heterocycles. The number of hydrogen-bond donors (Lipinski definition) is 1. The molecular weight excluding hydrogens is 122 g/mol. The molecule has 0 aliphatic rings. The third kappa shape index (κ3) is 3.89.